The van der Waals surface area contributed by atoms with Crippen LogP contribution in [-0.4, -0.2) is 56.6 Å². The van der Waals surface area contributed by atoms with E-state index in [-0.39, 0.29) is 0 Å². The molecule has 0 aliphatic carbocycles. The number of nitrogens with one attached hydrogen (secondary N) is 1. The predicted molar refractivity (Wildman–Crippen MR) is 76.8 cm³/mol. The first-order chi connectivity index (χ1) is 8.81. The molecule has 0 aromatic heterocycles. The first-order valence-electron chi connectivity index (χ1n) is 6.93. The first kappa shape index (κ1) is 13.5. The summed E-state index contributed by atoms with van der Waals surface area (Å²) in [7, 11) is 4.26. The smallest absolute Gasteiger partial charge is 0.0473 e. The van der Waals surface area contributed by atoms with Crippen molar-refractivity contribution in [1.82, 2.24) is 15.1 Å². The van der Waals surface area contributed by atoms with Crippen molar-refractivity contribution in [3.63, 3.8) is 0 Å². The topological polar surface area (TPSA) is 18.5 Å². The van der Waals surface area contributed by atoms with E-state index >= 15 is 0 Å². The van der Waals surface area contributed by atoms with Crippen LogP contribution < -0.4 is 5.32 Å². The fourth-order valence-electron chi connectivity index (χ4n) is 2.70. The molecule has 18 heavy (non-hydrogen) atoms. The van der Waals surface area contributed by atoms with Gasteiger partial charge in [-0.05, 0) is 32.6 Å². The van der Waals surface area contributed by atoms with Crippen molar-refractivity contribution in [2.75, 3.05) is 46.8 Å². The Hall–Kier alpha value is -0.900. The zero-order valence-electron chi connectivity index (χ0n) is 11.6. The number of likely N-dealkylation sites (N-methyl/N-ethyl adjacent to an activating group) is 2. The Morgan fingerprint density at radius 3 is 2.61 bits per heavy atom. The maximum atomic E-state index is 3.34. The first-order valence-corrected chi connectivity index (χ1v) is 6.93. The third kappa shape index (κ3) is 3.55. The normalized spacial score (nSPS) is 20.6. The van der Waals surface area contributed by atoms with Crippen LogP contribution in [0.4, 0.5) is 0 Å². The molecule has 0 spiro atoms. The van der Waals surface area contributed by atoms with E-state index in [1.165, 1.54) is 31.6 Å². The third-order valence-corrected chi connectivity index (χ3v) is 3.78. The summed E-state index contributed by atoms with van der Waals surface area (Å²) in [5.74, 6) is 0. The lowest BCUT2D eigenvalue weighted by Crippen LogP contribution is -2.37. The van der Waals surface area contributed by atoms with E-state index in [0.29, 0.717) is 6.04 Å². The van der Waals surface area contributed by atoms with Crippen LogP contribution in [0.15, 0.2) is 30.3 Å². The Bertz CT molecular complexity index is 339. The van der Waals surface area contributed by atoms with E-state index in [9.17, 15) is 0 Å². The molecule has 1 aliphatic heterocycles. The van der Waals surface area contributed by atoms with E-state index in [0.717, 1.165) is 13.1 Å². The molecular weight excluding hydrogens is 222 g/mol. The van der Waals surface area contributed by atoms with Gasteiger partial charge >= 0.3 is 0 Å². The van der Waals surface area contributed by atoms with Gasteiger partial charge in [0.05, 0.1) is 0 Å². The lowest BCUT2D eigenvalue weighted by Gasteiger charge is -2.31. The van der Waals surface area contributed by atoms with Gasteiger partial charge in [0.2, 0.25) is 0 Å². The van der Waals surface area contributed by atoms with Crippen molar-refractivity contribution in [2.24, 2.45) is 0 Å². The number of benzene rings is 1. The summed E-state index contributed by atoms with van der Waals surface area (Å²) in [6.45, 7) is 5.78. The van der Waals surface area contributed by atoms with Gasteiger partial charge in [-0.15, -0.1) is 0 Å². The largest absolute Gasteiger partial charge is 0.318 e. The van der Waals surface area contributed by atoms with Crippen molar-refractivity contribution in [1.29, 1.82) is 0 Å². The molecule has 0 saturated carbocycles. The van der Waals surface area contributed by atoms with E-state index in [1.807, 2.05) is 7.05 Å². The zero-order valence-corrected chi connectivity index (χ0v) is 11.6. The van der Waals surface area contributed by atoms with Crippen molar-refractivity contribution < 1.29 is 0 Å². The van der Waals surface area contributed by atoms with Gasteiger partial charge in [0, 0.05) is 32.2 Å². The highest BCUT2D eigenvalue weighted by Gasteiger charge is 2.21. The van der Waals surface area contributed by atoms with E-state index < -0.39 is 0 Å². The van der Waals surface area contributed by atoms with Crippen LogP contribution in [-0.2, 0) is 0 Å². The summed E-state index contributed by atoms with van der Waals surface area (Å²) in [5.41, 5.74) is 1.43. The van der Waals surface area contributed by atoms with Gasteiger partial charge in [0.1, 0.15) is 0 Å². The minimum Gasteiger partial charge on any atom is -0.318 e. The monoisotopic (exact) mass is 247 g/mol. The Kier molecular flexibility index (Phi) is 5.17. The van der Waals surface area contributed by atoms with Gasteiger partial charge in [-0.1, -0.05) is 30.3 Å². The van der Waals surface area contributed by atoms with Gasteiger partial charge in [-0.2, -0.15) is 0 Å². The van der Waals surface area contributed by atoms with Crippen LogP contribution in [0.5, 0.6) is 0 Å². The van der Waals surface area contributed by atoms with Crippen LogP contribution in [0.1, 0.15) is 18.0 Å². The number of hydrogen-bond donors (Lipinski definition) is 1. The maximum Gasteiger partial charge on any atom is 0.0473 e. The lowest BCUT2D eigenvalue weighted by molar-refractivity contribution is 0.201. The van der Waals surface area contributed by atoms with E-state index in [2.05, 4.69) is 52.5 Å². The highest BCUT2D eigenvalue weighted by atomic mass is 15.2. The summed E-state index contributed by atoms with van der Waals surface area (Å²) in [4.78, 5) is 5.05. The van der Waals surface area contributed by atoms with Gasteiger partial charge in [0.25, 0.3) is 0 Å². The average Bonchev–Trinajstić information content (AvgIpc) is 2.62. The second kappa shape index (κ2) is 6.88. The predicted octanol–water partition coefficient (Wildman–Crippen LogP) is 1.58. The summed E-state index contributed by atoms with van der Waals surface area (Å²) in [5, 5.41) is 3.34. The standard InChI is InChI=1S/C15H25N3/c1-16-13-15(14-7-4-3-5-8-14)18-10-6-9-17(2)11-12-18/h3-5,7-8,15-16H,6,9-13H2,1-2H3. The Labute approximate surface area is 111 Å². The molecule has 1 saturated heterocycles. The fraction of sp³-hybridized carbons (Fsp3) is 0.600. The van der Waals surface area contributed by atoms with Crippen molar-refractivity contribution in [2.45, 2.75) is 12.5 Å². The highest BCUT2D eigenvalue weighted by Crippen LogP contribution is 2.21. The molecule has 0 amide bonds. The van der Waals surface area contributed by atoms with Gasteiger partial charge < -0.3 is 10.2 Å². The van der Waals surface area contributed by atoms with Crippen molar-refractivity contribution >= 4 is 0 Å². The fourth-order valence-corrected chi connectivity index (χ4v) is 2.70. The summed E-state index contributed by atoms with van der Waals surface area (Å²) in [6.07, 6.45) is 1.27. The molecule has 3 nitrogen and oxygen atoms in total. The molecule has 1 aliphatic rings. The van der Waals surface area contributed by atoms with Crippen molar-refractivity contribution in [3.05, 3.63) is 35.9 Å². The molecule has 1 aromatic carbocycles. The number of rotatable bonds is 4. The second-order valence-electron chi connectivity index (χ2n) is 5.18. The SMILES string of the molecule is CNCC(c1ccccc1)N1CCCN(C)CC1. The molecule has 1 fully saturated rings. The molecule has 100 valence electrons. The number of nitrogens with zero attached hydrogens (tertiary/aromatic N) is 2. The molecule has 3 heteroatoms. The van der Waals surface area contributed by atoms with E-state index in [1.54, 1.807) is 0 Å². The Morgan fingerprint density at radius 1 is 1.11 bits per heavy atom. The summed E-state index contributed by atoms with van der Waals surface area (Å²) >= 11 is 0. The minimum absolute atomic E-state index is 0.502. The maximum absolute atomic E-state index is 3.34. The summed E-state index contributed by atoms with van der Waals surface area (Å²) in [6, 6.07) is 11.4. The molecule has 1 unspecified atom stereocenters. The minimum atomic E-state index is 0.502. The van der Waals surface area contributed by atoms with Crippen LogP contribution in [0.25, 0.3) is 0 Å². The molecule has 1 N–H and O–H groups in total. The highest BCUT2D eigenvalue weighted by molar-refractivity contribution is 5.19. The Morgan fingerprint density at radius 2 is 1.89 bits per heavy atom. The molecule has 1 atom stereocenters. The molecule has 0 radical (unpaired) electrons. The van der Waals surface area contributed by atoms with Crippen LogP contribution in [0, 0.1) is 0 Å². The second-order valence-corrected chi connectivity index (χ2v) is 5.18. The van der Waals surface area contributed by atoms with Gasteiger partial charge in [-0.3, -0.25) is 4.90 Å². The van der Waals surface area contributed by atoms with Crippen molar-refractivity contribution in [3.8, 4) is 0 Å². The van der Waals surface area contributed by atoms with Crippen LogP contribution in [0.2, 0.25) is 0 Å². The van der Waals surface area contributed by atoms with Crippen LogP contribution >= 0.6 is 0 Å². The number of hydrogen-bond acceptors (Lipinski definition) is 3. The van der Waals surface area contributed by atoms with Crippen LogP contribution in [0.3, 0.4) is 0 Å². The van der Waals surface area contributed by atoms with E-state index in [4.69, 9.17) is 0 Å². The molecule has 1 aromatic rings. The zero-order chi connectivity index (χ0) is 12.8. The summed E-state index contributed by atoms with van der Waals surface area (Å²) < 4.78 is 0. The average molecular weight is 247 g/mol. The molecule has 0 bridgehead atoms. The quantitative estimate of drug-likeness (QED) is 0.871. The lowest BCUT2D eigenvalue weighted by atomic mass is 10.0. The third-order valence-electron chi connectivity index (χ3n) is 3.78. The van der Waals surface area contributed by atoms with Gasteiger partial charge in [-0.25, -0.2) is 0 Å². The molecule has 1 heterocycles. The Balaban J connectivity index is 2.09. The van der Waals surface area contributed by atoms with Gasteiger partial charge in [0.15, 0.2) is 0 Å². The molecule has 2 rings (SSSR count). The molecular formula is C15H25N3.